The van der Waals surface area contributed by atoms with Crippen LogP contribution >= 0.6 is 0 Å². The lowest BCUT2D eigenvalue weighted by Crippen LogP contribution is -2.25. The van der Waals surface area contributed by atoms with Gasteiger partial charge in [0.2, 0.25) is 0 Å². The zero-order valence-electron chi connectivity index (χ0n) is 22.2. The van der Waals surface area contributed by atoms with Crippen LogP contribution in [0.2, 0.25) is 0 Å². The third kappa shape index (κ3) is 6.94. The van der Waals surface area contributed by atoms with Crippen LogP contribution < -0.4 is 4.74 Å². The van der Waals surface area contributed by atoms with Gasteiger partial charge in [0.1, 0.15) is 46.2 Å². The van der Waals surface area contributed by atoms with Gasteiger partial charge in [0.05, 0.1) is 11.1 Å². The third-order valence-electron chi connectivity index (χ3n) is 6.57. The Labute approximate surface area is 238 Å². The predicted molar refractivity (Wildman–Crippen MR) is 136 cm³/mol. The highest BCUT2D eigenvalue weighted by Crippen LogP contribution is 2.40. The van der Waals surface area contributed by atoms with Crippen molar-refractivity contribution < 1.29 is 53.0 Å². The van der Waals surface area contributed by atoms with E-state index < -0.39 is 80.8 Å². The van der Waals surface area contributed by atoms with E-state index in [9.17, 15) is 48.3 Å². The second-order valence-electron chi connectivity index (χ2n) is 9.66. The molecule has 0 amide bonds. The average molecular weight is 618 g/mol. The molecule has 0 bridgehead atoms. The van der Waals surface area contributed by atoms with Crippen molar-refractivity contribution >= 4 is 0 Å². The number of rotatable bonds is 9. The van der Waals surface area contributed by atoms with Gasteiger partial charge in [-0.1, -0.05) is 38.0 Å². The average Bonchev–Trinajstić information content (AvgIpc) is 2.87. The number of unbranched alkanes of at least 4 members (excludes halogenated alkanes) is 2. The summed E-state index contributed by atoms with van der Waals surface area (Å²) in [6, 6.07) is 6.27. The van der Waals surface area contributed by atoms with E-state index in [1.165, 1.54) is 12.1 Å². The molecule has 0 fully saturated rings. The number of aryl methyl sites for hydroxylation is 1. The van der Waals surface area contributed by atoms with E-state index in [0.29, 0.717) is 30.2 Å². The lowest BCUT2D eigenvalue weighted by molar-refractivity contribution is -0.189. The topological polar surface area (TPSA) is 9.23 Å². The second kappa shape index (κ2) is 12.3. The molecular formula is C31H21F11O. The molecule has 0 aromatic heterocycles. The minimum Gasteiger partial charge on any atom is -0.429 e. The normalized spacial score (nSPS) is 12.1. The lowest BCUT2D eigenvalue weighted by Gasteiger charge is -2.21. The molecule has 4 aromatic carbocycles. The Kier molecular flexibility index (Phi) is 9.08. The fourth-order valence-electron chi connectivity index (χ4n) is 4.52. The maximum absolute atomic E-state index is 14.9. The Morgan fingerprint density at radius 1 is 0.605 bits per heavy atom. The molecule has 0 aliphatic heterocycles. The van der Waals surface area contributed by atoms with Crippen molar-refractivity contribution in [3.63, 3.8) is 0 Å². The molecule has 12 heteroatoms. The standard InChI is InChI=1S/C31H21F11O/c1-2-3-4-5-16-6-8-20(22(32)10-16)18-12-26(36)29(27(37)13-18)31(41,42)43-19-14-24(34)28(25(35)15-19)17-7-9-21(23(33)11-17)30(38,39)40/h6-15H,2-5H2,1H3. The lowest BCUT2D eigenvalue weighted by atomic mass is 9.99. The Morgan fingerprint density at radius 2 is 1.21 bits per heavy atom. The second-order valence-corrected chi connectivity index (χ2v) is 9.66. The van der Waals surface area contributed by atoms with Gasteiger partial charge in [-0.2, -0.15) is 22.0 Å². The summed E-state index contributed by atoms with van der Waals surface area (Å²) in [5.41, 5.74) is -5.39. The minimum absolute atomic E-state index is 0.184. The van der Waals surface area contributed by atoms with Crippen molar-refractivity contribution in [2.75, 3.05) is 0 Å². The molecule has 43 heavy (non-hydrogen) atoms. The van der Waals surface area contributed by atoms with Gasteiger partial charge in [0.25, 0.3) is 0 Å². The van der Waals surface area contributed by atoms with Gasteiger partial charge in [-0.3, -0.25) is 0 Å². The van der Waals surface area contributed by atoms with Crippen LogP contribution in [0.5, 0.6) is 5.75 Å². The fourth-order valence-corrected chi connectivity index (χ4v) is 4.52. The van der Waals surface area contributed by atoms with E-state index in [0.717, 1.165) is 19.3 Å². The number of halogens is 11. The molecule has 0 spiro atoms. The highest BCUT2D eigenvalue weighted by molar-refractivity contribution is 5.67. The SMILES string of the molecule is CCCCCc1ccc(-c2cc(F)c(C(F)(F)Oc3cc(F)c(-c4ccc(C(F)(F)F)c(F)c4)c(F)c3)c(F)c2)c(F)c1. The molecule has 4 aromatic rings. The quantitative estimate of drug-likeness (QED) is 0.134. The molecule has 0 unspecified atom stereocenters. The van der Waals surface area contributed by atoms with Crippen LogP contribution in [0.15, 0.2) is 60.7 Å². The monoisotopic (exact) mass is 618 g/mol. The fraction of sp³-hybridized carbons (Fsp3) is 0.226. The molecule has 0 heterocycles. The molecule has 1 nitrogen and oxygen atoms in total. The molecule has 4 rings (SSSR count). The number of hydrogen-bond donors (Lipinski definition) is 0. The molecule has 0 saturated carbocycles. The van der Waals surface area contributed by atoms with Crippen LogP contribution in [-0.2, 0) is 18.7 Å². The van der Waals surface area contributed by atoms with E-state index >= 15 is 0 Å². The van der Waals surface area contributed by atoms with Crippen LogP contribution in [0.1, 0.15) is 42.9 Å². The molecule has 0 saturated heterocycles. The Hall–Kier alpha value is -4.09. The molecular weight excluding hydrogens is 597 g/mol. The largest absolute Gasteiger partial charge is 0.432 e. The van der Waals surface area contributed by atoms with Gasteiger partial charge >= 0.3 is 12.3 Å². The van der Waals surface area contributed by atoms with Gasteiger partial charge in [-0.05, 0) is 59.9 Å². The first-order valence-electron chi connectivity index (χ1n) is 12.8. The molecule has 0 N–H and O–H groups in total. The van der Waals surface area contributed by atoms with Crippen molar-refractivity contribution in [3.8, 4) is 28.0 Å². The van der Waals surface area contributed by atoms with Crippen LogP contribution in [-0.4, -0.2) is 0 Å². The summed E-state index contributed by atoms with van der Waals surface area (Å²) in [4.78, 5) is 0. The maximum atomic E-state index is 14.9. The van der Waals surface area contributed by atoms with Gasteiger partial charge in [0.15, 0.2) is 0 Å². The first kappa shape index (κ1) is 31.8. The first-order valence-corrected chi connectivity index (χ1v) is 12.8. The van der Waals surface area contributed by atoms with Crippen molar-refractivity contribution in [2.24, 2.45) is 0 Å². The summed E-state index contributed by atoms with van der Waals surface area (Å²) in [7, 11) is 0. The van der Waals surface area contributed by atoms with E-state index in [1.54, 1.807) is 6.07 Å². The summed E-state index contributed by atoms with van der Waals surface area (Å²) in [6.07, 6.45) is -6.70. The maximum Gasteiger partial charge on any atom is 0.432 e. The molecule has 0 aliphatic carbocycles. The summed E-state index contributed by atoms with van der Waals surface area (Å²) < 4.78 is 160. The summed E-state index contributed by atoms with van der Waals surface area (Å²) in [5, 5.41) is 0. The van der Waals surface area contributed by atoms with Gasteiger partial charge < -0.3 is 4.74 Å². The van der Waals surface area contributed by atoms with Gasteiger partial charge in [0, 0.05) is 17.7 Å². The van der Waals surface area contributed by atoms with E-state index in [4.69, 9.17) is 0 Å². The van der Waals surface area contributed by atoms with Gasteiger partial charge in [-0.15, -0.1) is 0 Å². The first-order chi connectivity index (χ1) is 20.1. The summed E-state index contributed by atoms with van der Waals surface area (Å²) in [6.45, 7) is 1.99. The summed E-state index contributed by atoms with van der Waals surface area (Å²) in [5.74, 6) is -10.9. The van der Waals surface area contributed by atoms with Crippen LogP contribution in [0, 0.1) is 34.9 Å². The van der Waals surface area contributed by atoms with Crippen LogP contribution in [0.3, 0.4) is 0 Å². The highest BCUT2D eigenvalue weighted by Gasteiger charge is 2.42. The zero-order chi connectivity index (χ0) is 31.7. The predicted octanol–water partition coefficient (Wildman–Crippen LogP) is 10.7. The molecule has 0 atom stereocenters. The number of ether oxygens (including phenoxy) is 1. The Balaban J connectivity index is 1.61. The smallest absolute Gasteiger partial charge is 0.429 e. The van der Waals surface area contributed by atoms with Crippen molar-refractivity contribution in [1.29, 1.82) is 0 Å². The van der Waals surface area contributed by atoms with E-state index in [1.807, 2.05) is 6.92 Å². The van der Waals surface area contributed by atoms with E-state index in [-0.39, 0.29) is 29.8 Å². The van der Waals surface area contributed by atoms with Crippen LogP contribution in [0.25, 0.3) is 22.3 Å². The van der Waals surface area contributed by atoms with Crippen molar-refractivity contribution in [1.82, 2.24) is 0 Å². The Bertz CT molecular complexity index is 1600. The number of benzene rings is 4. The van der Waals surface area contributed by atoms with Crippen molar-refractivity contribution in [2.45, 2.75) is 44.9 Å². The summed E-state index contributed by atoms with van der Waals surface area (Å²) >= 11 is 0. The highest BCUT2D eigenvalue weighted by atomic mass is 19.4. The van der Waals surface area contributed by atoms with E-state index in [2.05, 4.69) is 4.74 Å². The third-order valence-corrected chi connectivity index (χ3v) is 6.57. The minimum atomic E-state index is -5.08. The zero-order valence-corrected chi connectivity index (χ0v) is 22.2. The number of hydrogen-bond acceptors (Lipinski definition) is 1. The molecule has 228 valence electrons. The van der Waals surface area contributed by atoms with Crippen LogP contribution in [0.4, 0.5) is 48.3 Å². The number of alkyl halides is 5. The Morgan fingerprint density at radius 3 is 1.74 bits per heavy atom. The van der Waals surface area contributed by atoms with Gasteiger partial charge in [-0.25, -0.2) is 26.3 Å². The molecule has 0 radical (unpaired) electrons. The van der Waals surface area contributed by atoms with Crippen molar-refractivity contribution in [3.05, 3.63) is 112 Å². The molecule has 0 aliphatic rings.